The van der Waals surface area contributed by atoms with E-state index in [1.807, 2.05) is 34.0 Å². The van der Waals surface area contributed by atoms with E-state index in [1.165, 1.54) is 11.3 Å². The maximum atomic E-state index is 9.94. The number of rotatable bonds is 5. The van der Waals surface area contributed by atoms with Gasteiger partial charge in [0.05, 0.1) is 5.60 Å². The van der Waals surface area contributed by atoms with E-state index in [4.69, 9.17) is 0 Å². The van der Waals surface area contributed by atoms with Gasteiger partial charge in [0, 0.05) is 32.0 Å². The van der Waals surface area contributed by atoms with E-state index in [0.29, 0.717) is 6.54 Å². The van der Waals surface area contributed by atoms with Gasteiger partial charge in [-0.2, -0.15) is 0 Å². The SMILES string of the molecule is CCC(C)(O)CNc1ccc(C)c(N(C)C)c1. The predicted octanol–water partition coefficient (Wildman–Crippen LogP) is 2.63. The highest BCUT2D eigenvalue weighted by Gasteiger charge is 2.16. The van der Waals surface area contributed by atoms with Crippen LogP contribution in [-0.4, -0.2) is 31.3 Å². The highest BCUT2D eigenvalue weighted by molar-refractivity contribution is 5.61. The van der Waals surface area contributed by atoms with Crippen LogP contribution in [0.2, 0.25) is 0 Å². The van der Waals surface area contributed by atoms with Crippen LogP contribution in [0.3, 0.4) is 0 Å². The largest absolute Gasteiger partial charge is 0.388 e. The maximum Gasteiger partial charge on any atom is 0.0788 e. The summed E-state index contributed by atoms with van der Waals surface area (Å²) >= 11 is 0. The molecule has 0 aliphatic heterocycles. The number of hydrogen-bond acceptors (Lipinski definition) is 3. The van der Waals surface area contributed by atoms with E-state index >= 15 is 0 Å². The molecule has 0 saturated carbocycles. The summed E-state index contributed by atoms with van der Waals surface area (Å²) in [5, 5.41) is 13.2. The second-order valence-electron chi connectivity index (χ2n) is 5.10. The van der Waals surface area contributed by atoms with E-state index in [1.54, 1.807) is 0 Å². The van der Waals surface area contributed by atoms with Crippen molar-refractivity contribution < 1.29 is 5.11 Å². The third kappa shape index (κ3) is 3.93. The molecule has 0 fully saturated rings. The molecule has 2 N–H and O–H groups in total. The van der Waals surface area contributed by atoms with Crippen LogP contribution in [0.1, 0.15) is 25.8 Å². The molecule has 1 aromatic rings. The molecule has 0 radical (unpaired) electrons. The minimum Gasteiger partial charge on any atom is -0.388 e. The molecule has 1 aromatic carbocycles. The molecule has 1 unspecified atom stereocenters. The van der Waals surface area contributed by atoms with Crippen molar-refractivity contribution in [2.45, 2.75) is 32.8 Å². The fourth-order valence-electron chi connectivity index (χ4n) is 1.62. The molecule has 0 spiro atoms. The molecule has 1 atom stereocenters. The van der Waals surface area contributed by atoms with E-state index in [9.17, 15) is 5.11 Å². The predicted molar refractivity (Wildman–Crippen MR) is 74.9 cm³/mol. The van der Waals surface area contributed by atoms with Crippen molar-refractivity contribution in [3.8, 4) is 0 Å². The first kappa shape index (κ1) is 13.8. The van der Waals surface area contributed by atoms with Gasteiger partial charge in [-0.25, -0.2) is 0 Å². The first-order chi connectivity index (χ1) is 7.85. The number of aryl methyl sites for hydroxylation is 1. The van der Waals surface area contributed by atoms with E-state index < -0.39 is 5.60 Å². The van der Waals surface area contributed by atoms with Crippen molar-refractivity contribution in [1.29, 1.82) is 0 Å². The van der Waals surface area contributed by atoms with Crippen molar-refractivity contribution in [1.82, 2.24) is 0 Å². The topological polar surface area (TPSA) is 35.5 Å². The number of nitrogens with one attached hydrogen (secondary N) is 1. The lowest BCUT2D eigenvalue weighted by molar-refractivity contribution is 0.0697. The number of aliphatic hydroxyl groups is 1. The van der Waals surface area contributed by atoms with E-state index in [2.05, 4.69) is 29.3 Å². The summed E-state index contributed by atoms with van der Waals surface area (Å²) in [4.78, 5) is 2.10. The molecule has 3 nitrogen and oxygen atoms in total. The molecule has 0 aromatic heterocycles. The van der Waals surface area contributed by atoms with Crippen molar-refractivity contribution >= 4 is 11.4 Å². The third-order valence-electron chi connectivity index (χ3n) is 3.13. The lowest BCUT2D eigenvalue weighted by Crippen LogP contribution is -2.32. The summed E-state index contributed by atoms with van der Waals surface area (Å²) in [6, 6.07) is 6.26. The van der Waals surface area contributed by atoms with Gasteiger partial charge in [-0.05, 0) is 38.0 Å². The molecule has 0 aliphatic rings. The van der Waals surface area contributed by atoms with Gasteiger partial charge < -0.3 is 15.3 Å². The molecule has 96 valence electrons. The standard InChI is InChI=1S/C14H24N2O/c1-6-14(3,17)10-15-12-8-7-11(2)13(9-12)16(4)5/h7-9,15,17H,6,10H2,1-5H3. The van der Waals surface area contributed by atoms with Gasteiger partial charge in [0.25, 0.3) is 0 Å². The monoisotopic (exact) mass is 236 g/mol. The highest BCUT2D eigenvalue weighted by Crippen LogP contribution is 2.23. The van der Waals surface area contributed by atoms with Gasteiger partial charge in [0.1, 0.15) is 0 Å². The molecular weight excluding hydrogens is 212 g/mol. The van der Waals surface area contributed by atoms with Crippen LogP contribution in [0.5, 0.6) is 0 Å². The van der Waals surface area contributed by atoms with Crippen molar-refractivity contribution in [3.63, 3.8) is 0 Å². The van der Waals surface area contributed by atoms with Crippen LogP contribution in [0.25, 0.3) is 0 Å². The third-order valence-corrected chi connectivity index (χ3v) is 3.13. The normalized spacial score (nSPS) is 14.2. The molecule has 0 aliphatic carbocycles. The fourth-order valence-corrected chi connectivity index (χ4v) is 1.62. The molecule has 0 bridgehead atoms. The Balaban J connectivity index is 2.76. The summed E-state index contributed by atoms with van der Waals surface area (Å²) in [6.07, 6.45) is 0.742. The van der Waals surface area contributed by atoms with Crippen LogP contribution in [0, 0.1) is 6.92 Å². The minimum absolute atomic E-state index is 0.569. The Hall–Kier alpha value is -1.22. The summed E-state index contributed by atoms with van der Waals surface area (Å²) in [7, 11) is 4.07. The van der Waals surface area contributed by atoms with Gasteiger partial charge in [-0.1, -0.05) is 13.0 Å². The summed E-state index contributed by atoms with van der Waals surface area (Å²) in [6.45, 7) is 6.50. The lowest BCUT2D eigenvalue weighted by Gasteiger charge is -2.23. The van der Waals surface area contributed by atoms with E-state index in [-0.39, 0.29) is 0 Å². The lowest BCUT2D eigenvalue weighted by atomic mass is 10.0. The molecule has 17 heavy (non-hydrogen) atoms. The Kier molecular flexibility index (Phi) is 4.40. The number of nitrogens with zero attached hydrogens (tertiary/aromatic N) is 1. The van der Waals surface area contributed by atoms with Crippen LogP contribution < -0.4 is 10.2 Å². The second kappa shape index (κ2) is 5.41. The zero-order valence-electron chi connectivity index (χ0n) is 11.5. The highest BCUT2D eigenvalue weighted by atomic mass is 16.3. The van der Waals surface area contributed by atoms with Gasteiger partial charge >= 0.3 is 0 Å². The Bertz CT molecular complexity index is 372. The van der Waals surface area contributed by atoms with Crippen molar-refractivity contribution in [3.05, 3.63) is 23.8 Å². The van der Waals surface area contributed by atoms with Crippen LogP contribution >= 0.6 is 0 Å². The summed E-state index contributed by atoms with van der Waals surface area (Å²) < 4.78 is 0. The maximum absolute atomic E-state index is 9.94. The van der Waals surface area contributed by atoms with Gasteiger partial charge in [-0.3, -0.25) is 0 Å². The Labute approximate surface area is 104 Å². The smallest absolute Gasteiger partial charge is 0.0788 e. The molecule has 0 amide bonds. The average molecular weight is 236 g/mol. The Morgan fingerprint density at radius 3 is 2.53 bits per heavy atom. The van der Waals surface area contributed by atoms with E-state index in [0.717, 1.165) is 12.1 Å². The minimum atomic E-state index is -0.650. The zero-order chi connectivity index (χ0) is 13.1. The number of anilines is 2. The molecule has 0 heterocycles. The van der Waals surface area contributed by atoms with Crippen molar-refractivity contribution in [2.24, 2.45) is 0 Å². The van der Waals surface area contributed by atoms with Gasteiger partial charge in [-0.15, -0.1) is 0 Å². The number of hydrogen-bond donors (Lipinski definition) is 2. The van der Waals surface area contributed by atoms with Crippen LogP contribution in [0.4, 0.5) is 11.4 Å². The fraction of sp³-hybridized carbons (Fsp3) is 0.571. The van der Waals surface area contributed by atoms with Crippen LogP contribution in [-0.2, 0) is 0 Å². The first-order valence-corrected chi connectivity index (χ1v) is 6.10. The Morgan fingerprint density at radius 1 is 1.35 bits per heavy atom. The summed E-state index contributed by atoms with van der Waals surface area (Å²) in [5.41, 5.74) is 2.85. The Morgan fingerprint density at radius 2 is 2.00 bits per heavy atom. The van der Waals surface area contributed by atoms with Gasteiger partial charge in [0.15, 0.2) is 0 Å². The van der Waals surface area contributed by atoms with Crippen molar-refractivity contribution in [2.75, 3.05) is 30.9 Å². The van der Waals surface area contributed by atoms with Gasteiger partial charge in [0.2, 0.25) is 0 Å². The zero-order valence-corrected chi connectivity index (χ0v) is 11.5. The quantitative estimate of drug-likeness (QED) is 0.825. The molecule has 1 rings (SSSR count). The van der Waals surface area contributed by atoms with Crippen LogP contribution in [0.15, 0.2) is 18.2 Å². The second-order valence-corrected chi connectivity index (χ2v) is 5.10. The molecule has 0 saturated heterocycles. The summed E-state index contributed by atoms with van der Waals surface area (Å²) in [5.74, 6) is 0. The average Bonchev–Trinajstić information content (AvgIpc) is 2.27. The first-order valence-electron chi connectivity index (χ1n) is 6.10. The number of benzene rings is 1. The molecule has 3 heteroatoms. The molecular formula is C14H24N2O.